The molecule has 1 aromatic carbocycles. The molecule has 3 rings (SSSR count). The van der Waals surface area contributed by atoms with Gasteiger partial charge in [-0.25, -0.2) is 4.98 Å². The van der Waals surface area contributed by atoms with E-state index in [0.717, 1.165) is 27.7 Å². The first kappa shape index (κ1) is 17.6. The summed E-state index contributed by atoms with van der Waals surface area (Å²) < 4.78 is 5.16. The number of hydrogen-bond acceptors (Lipinski definition) is 6. The van der Waals surface area contributed by atoms with Crippen molar-refractivity contribution in [2.75, 3.05) is 26.0 Å². The monoisotopic (exact) mass is 373 g/mol. The van der Waals surface area contributed by atoms with Gasteiger partial charge in [0, 0.05) is 34.6 Å². The van der Waals surface area contributed by atoms with Gasteiger partial charge < -0.3 is 10.1 Å². The minimum absolute atomic E-state index is 0.0657. The van der Waals surface area contributed by atoms with Gasteiger partial charge in [0.05, 0.1) is 19.3 Å². The highest BCUT2D eigenvalue weighted by atomic mass is 32.1. The first-order chi connectivity index (χ1) is 12.1. The predicted molar refractivity (Wildman–Crippen MR) is 103 cm³/mol. The molecule has 0 saturated heterocycles. The molecule has 0 bridgehead atoms. The molecule has 1 N–H and O–H groups in total. The van der Waals surface area contributed by atoms with Crippen LogP contribution in [-0.4, -0.2) is 36.5 Å². The number of nitrogens with zero attached hydrogens (tertiary/aromatic N) is 2. The summed E-state index contributed by atoms with van der Waals surface area (Å²) in [5.41, 5.74) is 2.86. The van der Waals surface area contributed by atoms with Crippen LogP contribution in [-0.2, 0) is 11.3 Å². The Hall–Kier alpha value is -2.22. The first-order valence-corrected chi connectivity index (χ1v) is 9.55. The molecule has 25 heavy (non-hydrogen) atoms. The average molecular weight is 374 g/mol. The molecule has 0 atom stereocenters. The van der Waals surface area contributed by atoms with Crippen molar-refractivity contribution in [3.05, 3.63) is 52.2 Å². The van der Waals surface area contributed by atoms with Crippen LogP contribution in [0.3, 0.4) is 0 Å². The minimum Gasteiger partial charge on any atom is -0.497 e. The highest BCUT2D eigenvalue weighted by Gasteiger charge is 2.11. The fourth-order valence-corrected chi connectivity index (χ4v) is 3.90. The Morgan fingerprint density at radius 1 is 1.32 bits per heavy atom. The molecule has 7 heteroatoms. The van der Waals surface area contributed by atoms with E-state index >= 15 is 0 Å². The van der Waals surface area contributed by atoms with Crippen LogP contribution < -0.4 is 10.1 Å². The Morgan fingerprint density at radius 3 is 2.96 bits per heavy atom. The molecule has 0 radical (unpaired) electrons. The average Bonchev–Trinajstić information content (AvgIpc) is 3.26. The standard InChI is InChI=1S/C18H19N3O2S2/c1-21(9-15-12-25-18(20-15)13-6-7-24-11-13)10-17(22)19-14-4-3-5-16(8-14)23-2/h3-8,11-12H,9-10H2,1-2H3,(H,19,22). The van der Waals surface area contributed by atoms with Gasteiger partial charge in [0.15, 0.2) is 0 Å². The van der Waals surface area contributed by atoms with Crippen molar-refractivity contribution in [3.63, 3.8) is 0 Å². The SMILES string of the molecule is COc1cccc(NC(=O)CN(C)Cc2csc(-c3ccsc3)n2)c1. The molecule has 2 aromatic heterocycles. The lowest BCUT2D eigenvalue weighted by Crippen LogP contribution is -2.29. The molecular formula is C18H19N3O2S2. The van der Waals surface area contributed by atoms with Crippen LogP contribution in [0.15, 0.2) is 46.5 Å². The number of benzene rings is 1. The second-order valence-electron chi connectivity index (χ2n) is 5.61. The number of aromatic nitrogens is 1. The summed E-state index contributed by atoms with van der Waals surface area (Å²) >= 11 is 3.29. The first-order valence-electron chi connectivity index (χ1n) is 7.73. The lowest BCUT2D eigenvalue weighted by Gasteiger charge is -2.15. The molecule has 0 aliphatic rings. The zero-order chi connectivity index (χ0) is 17.6. The molecule has 0 saturated carbocycles. The molecule has 0 aliphatic heterocycles. The van der Waals surface area contributed by atoms with Crippen LogP contribution in [0.2, 0.25) is 0 Å². The smallest absolute Gasteiger partial charge is 0.238 e. The zero-order valence-corrected chi connectivity index (χ0v) is 15.7. The Kier molecular flexibility index (Phi) is 5.80. The molecule has 3 aromatic rings. The van der Waals surface area contributed by atoms with E-state index in [1.54, 1.807) is 35.8 Å². The van der Waals surface area contributed by atoms with Crippen molar-refractivity contribution in [1.29, 1.82) is 0 Å². The van der Waals surface area contributed by atoms with Gasteiger partial charge in [-0.05, 0) is 30.6 Å². The number of carbonyl (C=O) groups excluding carboxylic acids is 1. The van der Waals surface area contributed by atoms with Crippen LogP contribution in [0.4, 0.5) is 5.69 Å². The minimum atomic E-state index is -0.0657. The molecule has 0 aliphatic carbocycles. The number of amides is 1. The van der Waals surface area contributed by atoms with E-state index < -0.39 is 0 Å². The van der Waals surface area contributed by atoms with E-state index in [1.165, 1.54) is 0 Å². The molecule has 5 nitrogen and oxygen atoms in total. The van der Waals surface area contributed by atoms with E-state index in [2.05, 4.69) is 21.7 Å². The summed E-state index contributed by atoms with van der Waals surface area (Å²) in [6, 6.07) is 9.40. The molecule has 130 valence electrons. The second-order valence-corrected chi connectivity index (χ2v) is 7.25. The van der Waals surface area contributed by atoms with Crippen LogP contribution in [0.1, 0.15) is 5.69 Å². The number of anilines is 1. The van der Waals surface area contributed by atoms with Crippen molar-refractivity contribution in [2.24, 2.45) is 0 Å². The summed E-state index contributed by atoms with van der Waals surface area (Å²) in [5, 5.41) is 10.1. The third kappa shape index (κ3) is 4.88. The van der Waals surface area contributed by atoms with Crippen LogP contribution in [0.25, 0.3) is 10.6 Å². The largest absolute Gasteiger partial charge is 0.497 e. The molecule has 2 heterocycles. The van der Waals surface area contributed by atoms with Crippen LogP contribution in [0, 0.1) is 0 Å². The van der Waals surface area contributed by atoms with Crippen LogP contribution in [0.5, 0.6) is 5.75 Å². The Morgan fingerprint density at radius 2 is 2.20 bits per heavy atom. The number of likely N-dealkylation sites (N-methyl/N-ethyl adjacent to an activating group) is 1. The van der Waals surface area contributed by atoms with Gasteiger partial charge in [0.25, 0.3) is 0 Å². The fraction of sp³-hybridized carbons (Fsp3) is 0.222. The molecular weight excluding hydrogens is 354 g/mol. The number of hydrogen-bond donors (Lipinski definition) is 1. The number of thiazole rings is 1. The van der Waals surface area contributed by atoms with E-state index in [1.807, 2.05) is 40.9 Å². The Bertz CT molecular complexity index is 830. The van der Waals surface area contributed by atoms with E-state index in [9.17, 15) is 4.79 Å². The normalized spacial score (nSPS) is 10.8. The van der Waals surface area contributed by atoms with Crippen molar-refractivity contribution in [1.82, 2.24) is 9.88 Å². The van der Waals surface area contributed by atoms with Crippen molar-refractivity contribution < 1.29 is 9.53 Å². The van der Waals surface area contributed by atoms with E-state index in [-0.39, 0.29) is 5.91 Å². The highest BCUT2D eigenvalue weighted by Crippen LogP contribution is 2.26. The predicted octanol–water partition coefficient (Wildman–Crippen LogP) is 3.95. The third-order valence-electron chi connectivity index (χ3n) is 3.52. The number of thiophene rings is 1. The third-order valence-corrected chi connectivity index (χ3v) is 5.14. The lowest BCUT2D eigenvalue weighted by molar-refractivity contribution is -0.117. The van der Waals surface area contributed by atoms with Gasteiger partial charge >= 0.3 is 0 Å². The maximum Gasteiger partial charge on any atom is 0.238 e. The van der Waals surface area contributed by atoms with Crippen molar-refractivity contribution in [3.8, 4) is 16.3 Å². The van der Waals surface area contributed by atoms with Gasteiger partial charge in [0.1, 0.15) is 10.8 Å². The summed E-state index contributed by atoms with van der Waals surface area (Å²) in [4.78, 5) is 18.8. The van der Waals surface area contributed by atoms with Gasteiger partial charge in [0.2, 0.25) is 5.91 Å². The number of rotatable bonds is 7. The number of ether oxygens (including phenoxy) is 1. The van der Waals surface area contributed by atoms with Gasteiger partial charge in [-0.1, -0.05) is 6.07 Å². The molecule has 1 amide bonds. The molecule has 0 spiro atoms. The lowest BCUT2D eigenvalue weighted by atomic mass is 10.3. The topological polar surface area (TPSA) is 54.5 Å². The van der Waals surface area contributed by atoms with Crippen molar-refractivity contribution >= 4 is 34.3 Å². The van der Waals surface area contributed by atoms with Gasteiger partial charge in [-0.15, -0.1) is 11.3 Å². The quantitative estimate of drug-likeness (QED) is 0.681. The molecule has 0 fully saturated rings. The molecule has 0 unspecified atom stereocenters. The van der Waals surface area contributed by atoms with Crippen LogP contribution >= 0.6 is 22.7 Å². The summed E-state index contributed by atoms with van der Waals surface area (Å²) in [6.07, 6.45) is 0. The number of carbonyl (C=O) groups is 1. The van der Waals surface area contributed by atoms with Gasteiger partial charge in [-0.3, -0.25) is 9.69 Å². The Balaban J connectivity index is 1.53. The van der Waals surface area contributed by atoms with E-state index in [4.69, 9.17) is 4.74 Å². The maximum absolute atomic E-state index is 12.2. The van der Waals surface area contributed by atoms with E-state index in [0.29, 0.717) is 13.1 Å². The Labute approximate surface area is 154 Å². The second kappa shape index (κ2) is 8.24. The maximum atomic E-state index is 12.2. The number of nitrogens with one attached hydrogen (secondary N) is 1. The number of methoxy groups -OCH3 is 1. The van der Waals surface area contributed by atoms with Gasteiger partial charge in [-0.2, -0.15) is 11.3 Å². The highest BCUT2D eigenvalue weighted by molar-refractivity contribution is 7.14. The zero-order valence-electron chi connectivity index (χ0n) is 14.1. The van der Waals surface area contributed by atoms with Crippen molar-refractivity contribution in [2.45, 2.75) is 6.54 Å². The summed E-state index contributed by atoms with van der Waals surface area (Å²) in [5.74, 6) is 0.652. The summed E-state index contributed by atoms with van der Waals surface area (Å²) in [6.45, 7) is 0.925. The fourth-order valence-electron chi connectivity index (χ4n) is 2.38. The summed E-state index contributed by atoms with van der Waals surface area (Å²) in [7, 11) is 3.52.